The van der Waals surface area contributed by atoms with Crippen LogP contribution in [0.2, 0.25) is 0 Å². The summed E-state index contributed by atoms with van der Waals surface area (Å²) in [5, 5.41) is 0. The van der Waals surface area contributed by atoms with E-state index >= 15 is 0 Å². The van der Waals surface area contributed by atoms with E-state index in [1.165, 1.54) is 16.8 Å². The van der Waals surface area contributed by atoms with E-state index in [9.17, 15) is 0 Å². The van der Waals surface area contributed by atoms with Crippen molar-refractivity contribution in [3.8, 4) is 10.4 Å². The SMILES string of the molecule is Cc1ncsc1-c1ccc(CN=CN)cc1. The van der Waals surface area contributed by atoms with Gasteiger partial charge >= 0.3 is 0 Å². The number of hydrogen-bond donors (Lipinski definition) is 1. The number of hydrogen-bond acceptors (Lipinski definition) is 3. The Morgan fingerprint density at radius 3 is 2.69 bits per heavy atom. The maximum Gasteiger partial charge on any atom is 0.0801 e. The predicted molar refractivity (Wildman–Crippen MR) is 68.7 cm³/mol. The molecule has 2 rings (SSSR count). The fourth-order valence-corrected chi connectivity index (χ4v) is 2.31. The van der Waals surface area contributed by atoms with Crippen LogP contribution in [0.15, 0.2) is 34.8 Å². The summed E-state index contributed by atoms with van der Waals surface area (Å²) in [5.74, 6) is 0. The second-order valence-corrected chi connectivity index (χ2v) is 4.31. The van der Waals surface area contributed by atoms with Crippen molar-refractivity contribution in [1.29, 1.82) is 0 Å². The standard InChI is InChI=1S/C12H13N3S/c1-9-12(16-8-15-9)11-4-2-10(3-5-11)6-14-7-13/h2-5,7-8H,6H2,1H3,(H2,13,14). The van der Waals surface area contributed by atoms with Gasteiger partial charge in [-0.2, -0.15) is 0 Å². The van der Waals surface area contributed by atoms with Gasteiger partial charge < -0.3 is 5.73 Å². The Balaban J connectivity index is 2.23. The quantitative estimate of drug-likeness (QED) is 0.652. The summed E-state index contributed by atoms with van der Waals surface area (Å²) in [6, 6.07) is 8.34. The Labute approximate surface area is 98.7 Å². The first-order chi connectivity index (χ1) is 7.81. The molecule has 0 bridgehead atoms. The summed E-state index contributed by atoms with van der Waals surface area (Å²) >= 11 is 1.67. The minimum absolute atomic E-state index is 0.637. The average molecular weight is 231 g/mol. The minimum Gasteiger partial charge on any atom is -0.390 e. The molecule has 0 saturated heterocycles. The summed E-state index contributed by atoms with van der Waals surface area (Å²) < 4.78 is 0. The Bertz CT molecular complexity index is 485. The molecule has 2 aromatic rings. The normalized spacial score (nSPS) is 11.1. The smallest absolute Gasteiger partial charge is 0.0801 e. The topological polar surface area (TPSA) is 51.3 Å². The summed E-state index contributed by atoms with van der Waals surface area (Å²) in [6.45, 7) is 2.66. The predicted octanol–water partition coefficient (Wildman–Crippen LogP) is 2.61. The van der Waals surface area contributed by atoms with E-state index in [2.05, 4.69) is 34.2 Å². The first kappa shape index (κ1) is 10.8. The third-order valence-electron chi connectivity index (χ3n) is 2.34. The zero-order valence-electron chi connectivity index (χ0n) is 9.05. The molecule has 0 spiro atoms. The number of aryl methyl sites for hydroxylation is 1. The average Bonchev–Trinajstić information content (AvgIpc) is 2.74. The van der Waals surface area contributed by atoms with Gasteiger partial charge in [-0.25, -0.2) is 4.98 Å². The zero-order valence-corrected chi connectivity index (χ0v) is 9.87. The fraction of sp³-hybridized carbons (Fsp3) is 0.167. The Morgan fingerprint density at radius 2 is 2.12 bits per heavy atom. The Hall–Kier alpha value is -1.68. The van der Waals surface area contributed by atoms with E-state index in [0.29, 0.717) is 6.54 Å². The van der Waals surface area contributed by atoms with E-state index in [0.717, 1.165) is 11.3 Å². The van der Waals surface area contributed by atoms with Gasteiger partial charge in [0, 0.05) is 0 Å². The lowest BCUT2D eigenvalue weighted by molar-refractivity contribution is 1.07. The first-order valence-electron chi connectivity index (χ1n) is 5.00. The van der Waals surface area contributed by atoms with Crippen LogP contribution in [-0.2, 0) is 6.54 Å². The Kier molecular flexibility index (Phi) is 3.31. The number of aromatic nitrogens is 1. The number of nitrogens with two attached hydrogens (primary N) is 1. The lowest BCUT2D eigenvalue weighted by Gasteiger charge is -2.00. The third-order valence-corrected chi connectivity index (χ3v) is 3.32. The van der Waals surface area contributed by atoms with Crippen LogP contribution in [0.25, 0.3) is 10.4 Å². The number of benzene rings is 1. The monoisotopic (exact) mass is 231 g/mol. The first-order valence-corrected chi connectivity index (χ1v) is 5.88. The summed E-state index contributed by atoms with van der Waals surface area (Å²) in [4.78, 5) is 9.47. The number of nitrogens with zero attached hydrogens (tertiary/aromatic N) is 2. The third kappa shape index (κ3) is 2.28. The molecular formula is C12H13N3S. The molecule has 0 unspecified atom stereocenters. The molecule has 0 aliphatic heterocycles. The molecule has 0 fully saturated rings. The van der Waals surface area contributed by atoms with Crippen molar-refractivity contribution in [1.82, 2.24) is 4.98 Å². The molecular weight excluding hydrogens is 218 g/mol. The van der Waals surface area contributed by atoms with Gasteiger partial charge in [-0.15, -0.1) is 11.3 Å². The molecule has 0 aliphatic carbocycles. The van der Waals surface area contributed by atoms with Gasteiger partial charge in [0.05, 0.1) is 29.0 Å². The van der Waals surface area contributed by atoms with Gasteiger partial charge in [0.15, 0.2) is 0 Å². The van der Waals surface area contributed by atoms with Crippen LogP contribution < -0.4 is 5.73 Å². The van der Waals surface area contributed by atoms with E-state index in [-0.39, 0.29) is 0 Å². The molecule has 3 nitrogen and oxygen atoms in total. The molecule has 0 aliphatic rings. The highest BCUT2D eigenvalue weighted by molar-refractivity contribution is 7.13. The molecule has 4 heteroatoms. The largest absolute Gasteiger partial charge is 0.390 e. The summed E-state index contributed by atoms with van der Waals surface area (Å²) in [7, 11) is 0. The van der Waals surface area contributed by atoms with Crippen LogP contribution in [0.5, 0.6) is 0 Å². The zero-order chi connectivity index (χ0) is 11.4. The maximum atomic E-state index is 5.21. The Morgan fingerprint density at radius 1 is 1.38 bits per heavy atom. The van der Waals surface area contributed by atoms with Gasteiger partial charge in [-0.3, -0.25) is 4.99 Å². The molecule has 0 atom stereocenters. The molecule has 1 aromatic heterocycles. The van der Waals surface area contributed by atoms with Gasteiger partial charge in [0.2, 0.25) is 0 Å². The molecule has 82 valence electrons. The van der Waals surface area contributed by atoms with Crippen LogP contribution in [0.1, 0.15) is 11.3 Å². The minimum atomic E-state index is 0.637. The van der Waals surface area contributed by atoms with Crippen molar-refractivity contribution in [3.63, 3.8) is 0 Å². The molecule has 1 heterocycles. The number of aliphatic imine (C=N–C) groups is 1. The number of thiazole rings is 1. The van der Waals surface area contributed by atoms with E-state index in [4.69, 9.17) is 5.73 Å². The molecule has 0 amide bonds. The second kappa shape index (κ2) is 4.90. The highest BCUT2D eigenvalue weighted by Gasteiger charge is 2.03. The van der Waals surface area contributed by atoms with E-state index < -0.39 is 0 Å². The van der Waals surface area contributed by atoms with E-state index in [1.54, 1.807) is 11.3 Å². The summed E-state index contributed by atoms with van der Waals surface area (Å²) in [5.41, 5.74) is 10.5. The molecule has 0 radical (unpaired) electrons. The summed E-state index contributed by atoms with van der Waals surface area (Å²) in [6.07, 6.45) is 1.33. The van der Waals surface area contributed by atoms with Crippen LogP contribution in [0, 0.1) is 6.92 Å². The molecule has 16 heavy (non-hydrogen) atoms. The van der Waals surface area contributed by atoms with Crippen molar-refractivity contribution in [2.24, 2.45) is 10.7 Å². The lowest BCUT2D eigenvalue weighted by atomic mass is 10.1. The molecule has 1 aromatic carbocycles. The van der Waals surface area contributed by atoms with Crippen molar-refractivity contribution < 1.29 is 0 Å². The fourth-order valence-electron chi connectivity index (χ4n) is 1.50. The van der Waals surface area contributed by atoms with Crippen molar-refractivity contribution in [2.75, 3.05) is 0 Å². The highest BCUT2D eigenvalue weighted by atomic mass is 32.1. The molecule has 2 N–H and O–H groups in total. The van der Waals surface area contributed by atoms with Crippen LogP contribution >= 0.6 is 11.3 Å². The second-order valence-electron chi connectivity index (χ2n) is 3.45. The number of rotatable bonds is 3. The van der Waals surface area contributed by atoms with Gasteiger partial charge in [-0.1, -0.05) is 24.3 Å². The van der Waals surface area contributed by atoms with E-state index in [1.807, 2.05) is 12.4 Å². The van der Waals surface area contributed by atoms with Crippen molar-refractivity contribution >= 4 is 17.7 Å². The van der Waals surface area contributed by atoms with Gasteiger partial charge in [-0.05, 0) is 18.1 Å². The van der Waals surface area contributed by atoms with Gasteiger partial charge in [0.1, 0.15) is 0 Å². The lowest BCUT2D eigenvalue weighted by Crippen LogP contribution is -1.90. The van der Waals surface area contributed by atoms with Crippen molar-refractivity contribution in [2.45, 2.75) is 13.5 Å². The van der Waals surface area contributed by atoms with Crippen LogP contribution in [0.4, 0.5) is 0 Å². The van der Waals surface area contributed by atoms with Crippen LogP contribution in [0.3, 0.4) is 0 Å². The maximum absolute atomic E-state index is 5.21. The van der Waals surface area contributed by atoms with Gasteiger partial charge in [0.25, 0.3) is 0 Å². The highest BCUT2D eigenvalue weighted by Crippen LogP contribution is 2.27. The molecule has 0 saturated carbocycles. The van der Waals surface area contributed by atoms with Crippen molar-refractivity contribution in [3.05, 3.63) is 41.0 Å². The van der Waals surface area contributed by atoms with Crippen LogP contribution in [-0.4, -0.2) is 11.3 Å².